The van der Waals surface area contributed by atoms with Crippen LogP contribution >= 0.6 is 0 Å². The number of nitrogens with one attached hydrogen (secondary N) is 1. The van der Waals surface area contributed by atoms with Gasteiger partial charge in [-0.2, -0.15) is 0 Å². The largest absolute Gasteiger partial charge is 0.497 e. The molecule has 0 heterocycles. The highest BCUT2D eigenvalue weighted by Crippen LogP contribution is 2.27. The zero-order valence-corrected chi connectivity index (χ0v) is 24.9. The van der Waals surface area contributed by atoms with Crippen LogP contribution in [0.5, 0.6) is 5.75 Å². The summed E-state index contributed by atoms with van der Waals surface area (Å²) < 4.78 is 34.2. The van der Waals surface area contributed by atoms with Crippen molar-refractivity contribution in [2.24, 2.45) is 0 Å². The number of ether oxygens (including phenoxy) is 1. The second-order valence-corrected chi connectivity index (χ2v) is 12.6. The van der Waals surface area contributed by atoms with Crippen LogP contribution in [0.25, 0.3) is 0 Å². The number of sulfonamides is 1. The quantitative estimate of drug-likeness (QED) is 0.356. The minimum Gasteiger partial charge on any atom is -0.497 e. The number of aryl methyl sites for hydroxylation is 1. The molecule has 1 atom stereocenters. The normalized spacial score (nSPS) is 12.3. The lowest BCUT2D eigenvalue weighted by molar-refractivity contribution is -0.141. The van der Waals surface area contributed by atoms with Crippen LogP contribution in [0.1, 0.15) is 45.2 Å². The van der Waals surface area contributed by atoms with Gasteiger partial charge in [0, 0.05) is 12.1 Å². The zero-order valence-electron chi connectivity index (χ0n) is 24.0. The number of amides is 2. The summed E-state index contributed by atoms with van der Waals surface area (Å²) in [6.07, 6.45) is 0.355. The molecule has 0 spiro atoms. The minimum absolute atomic E-state index is 0.0637. The lowest BCUT2D eigenvalue weighted by Crippen LogP contribution is -2.55. The van der Waals surface area contributed by atoms with Gasteiger partial charge in [-0.25, -0.2) is 8.42 Å². The summed E-state index contributed by atoms with van der Waals surface area (Å²) in [5.74, 6) is -0.235. The molecular formula is C31H39N3O5S. The maximum absolute atomic E-state index is 14.1. The van der Waals surface area contributed by atoms with Crippen LogP contribution in [-0.4, -0.2) is 50.4 Å². The Morgan fingerprint density at radius 1 is 0.925 bits per heavy atom. The summed E-state index contributed by atoms with van der Waals surface area (Å²) in [4.78, 5) is 29.0. The van der Waals surface area contributed by atoms with E-state index in [2.05, 4.69) is 5.32 Å². The van der Waals surface area contributed by atoms with Gasteiger partial charge in [0.1, 0.15) is 18.3 Å². The van der Waals surface area contributed by atoms with Crippen LogP contribution in [-0.2, 0) is 26.2 Å². The standard InChI is InChI=1S/C31H39N3O5S/c1-7-28(30(36)32-31(3,4)5)33(21-24-11-9-8-10-12-24)29(35)22-34(25-15-17-26(39-6)18-16-25)40(37,38)27-19-13-23(2)14-20-27/h8-20,28H,7,21-22H2,1-6H3,(H,32,36)/t28-/m0/s1. The van der Waals surface area contributed by atoms with Crippen LogP contribution in [0.3, 0.4) is 0 Å². The highest BCUT2D eigenvalue weighted by atomic mass is 32.2. The average molecular weight is 566 g/mol. The van der Waals surface area contributed by atoms with Gasteiger partial charge in [-0.1, -0.05) is 55.0 Å². The molecule has 3 aromatic rings. The minimum atomic E-state index is -4.13. The van der Waals surface area contributed by atoms with Crippen LogP contribution in [0.2, 0.25) is 0 Å². The maximum Gasteiger partial charge on any atom is 0.264 e. The van der Waals surface area contributed by atoms with E-state index >= 15 is 0 Å². The lowest BCUT2D eigenvalue weighted by atomic mass is 10.1. The van der Waals surface area contributed by atoms with E-state index in [1.807, 2.05) is 65.0 Å². The Hall–Kier alpha value is -3.85. The van der Waals surface area contributed by atoms with Gasteiger partial charge in [0.25, 0.3) is 10.0 Å². The molecule has 3 rings (SSSR count). The van der Waals surface area contributed by atoms with Gasteiger partial charge in [0.15, 0.2) is 0 Å². The van der Waals surface area contributed by atoms with Crippen molar-refractivity contribution < 1.29 is 22.7 Å². The summed E-state index contributed by atoms with van der Waals surface area (Å²) in [5.41, 5.74) is 1.54. The Labute approximate surface area is 238 Å². The first-order chi connectivity index (χ1) is 18.9. The van der Waals surface area contributed by atoms with Gasteiger partial charge < -0.3 is 15.0 Å². The third-order valence-electron chi connectivity index (χ3n) is 6.33. The van der Waals surface area contributed by atoms with E-state index in [1.54, 1.807) is 36.4 Å². The number of nitrogens with zero attached hydrogens (tertiary/aromatic N) is 2. The smallest absolute Gasteiger partial charge is 0.264 e. The molecule has 0 unspecified atom stereocenters. The van der Waals surface area contributed by atoms with E-state index in [0.717, 1.165) is 15.4 Å². The first-order valence-electron chi connectivity index (χ1n) is 13.2. The number of anilines is 1. The predicted octanol–water partition coefficient (Wildman–Crippen LogP) is 4.92. The second kappa shape index (κ2) is 13.0. The molecule has 214 valence electrons. The van der Waals surface area contributed by atoms with Gasteiger partial charge in [-0.15, -0.1) is 0 Å². The molecule has 0 aliphatic rings. The fraction of sp³-hybridized carbons (Fsp3) is 0.355. The molecule has 9 heteroatoms. The molecule has 8 nitrogen and oxygen atoms in total. The average Bonchev–Trinajstić information content (AvgIpc) is 2.91. The molecule has 40 heavy (non-hydrogen) atoms. The van der Waals surface area contributed by atoms with Gasteiger partial charge in [-0.05, 0) is 76.1 Å². The molecule has 3 aromatic carbocycles. The molecule has 0 fully saturated rings. The van der Waals surface area contributed by atoms with Gasteiger partial charge in [-0.3, -0.25) is 13.9 Å². The van der Waals surface area contributed by atoms with Gasteiger partial charge in [0.05, 0.1) is 17.7 Å². The second-order valence-electron chi connectivity index (χ2n) is 10.7. The summed E-state index contributed by atoms with van der Waals surface area (Å²) in [6.45, 7) is 8.99. The zero-order chi connectivity index (χ0) is 29.5. The summed E-state index contributed by atoms with van der Waals surface area (Å²) in [6, 6.07) is 21.5. The number of benzene rings is 3. The summed E-state index contributed by atoms with van der Waals surface area (Å²) >= 11 is 0. The lowest BCUT2D eigenvalue weighted by Gasteiger charge is -2.34. The van der Waals surface area contributed by atoms with Crippen molar-refractivity contribution in [3.8, 4) is 5.75 Å². The Morgan fingerprint density at radius 2 is 1.52 bits per heavy atom. The Bertz CT molecular complexity index is 1380. The Kier molecular flexibility index (Phi) is 9.98. The predicted molar refractivity (Wildman–Crippen MR) is 158 cm³/mol. The number of carbonyl (C=O) groups is 2. The van der Waals surface area contributed by atoms with Crippen molar-refractivity contribution in [1.29, 1.82) is 0 Å². The van der Waals surface area contributed by atoms with Gasteiger partial charge >= 0.3 is 0 Å². The first-order valence-corrected chi connectivity index (χ1v) is 14.7. The van der Waals surface area contributed by atoms with Crippen LogP contribution in [0.4, 0.5) is 5.69 Å². The molecule has 1 N–H and O–H groups in total. The third kappa shape index (κ3) is 7.85. The van der Waals surface area contributed by atoms with Crippen LogP contribution in [0, 0.1) is 6.92 Å². The fourth-order valence-corrected chi connectivity index (χ4v) is 5.68. The molecule has 0 radical (unpaired) electrons. The molecule has 2 amide bonds. The summed E-state index contributed by atoms with van der Waals surface area (Å²) in [7, 11) is -2.61. The number of hydrogen-bond acceptors (Lipinski definition) is 5. The molecule has 0 saturated heterocycles. The van der Waals surface area contributed by atoms with Crippen molar-refractivity contribution in [2.75, 3.05) is 18.0 Å². The SMILES string of the molecule is CC[C@@H](C(=O)NC(C)(C)C)N(Cc1ccccc1)C(=O)CN(c1ccc(OC)cc1)S(=O)(=O)c1ccc(C)cc1. The number of methoxy groups -OCH3 is 1. The van der Waals surface area contributed by atoms with Gasteiger partial charge in [0.2, 0.25) is 11.8 Å². The first kappa shape index (κ1) is 30.7. The van der Waals surface area contributed by atoms with E-state index < -0.39 is 34.1 Å². The van der Waals surface area contributed by atoms with Crippen molar-refractivity contribution in [3.63, 3.8) is 0 Å². The third-order valence-corrected chi connectivity index (χ3v) is 8.12. The highest BCUT2D eigenvalue weighted by molar-refractivity contribution is 7.92. The van der Waals surface area contributed by atoms with Crippen molar-refractivity contribution in [1.82, 2.24) is 10.2 Å². The summed E-state index contributed by atoms with van der Waals surface area (Å²) in [5, 5.41) is 2.97. The topological polar surface area (TPSA) is 96.0 Å². The molecule has 0 bridgehead atoms. The highest BCUT2D eigenvalue weighted by Gasteiger charge is 2.34. The number of hydrogen-bond donors (Lipinski definition) is 1. The van der Waals surface area contributed by atoms with Crippen molar-refractivity contribution in [2.45, 2.75) is 64.1 Å². The Balaban J connectivity index is 2.06. The van der Waals surface area contributed by atoms with E-state index in [-0.39, 0.29) is 17.3 Å². The monoisotopic (exact) mass is 565 g/mol. The van der Waals surface area contributed by atoms with Crippen LogP contribution < -0.4 is 14.4 Å². The molecular weight excluding hydrogens is 526 g/mol. The van der Waals surface area contributed by atoms with E-state index in [0.29, 0.717) is 17.9 Å². The van der Waals surface area contributed by atoms with Crippen molar-refractivity contribution in [3.05, 3.63) is 90.0 Å². The maximum atomic E-state index is 14.1. The Morgan fingerprint density at radius 3 is 2.05 bits per heavy atom. The number of rotatable bonds is 11. The van der Waals surface area contributed by atoms with Crippen molar-refractivity contribution >= 4 is 27.5 Å². The molecule has 0 saturated carbocycles. The van der Waals surface area contributed by atoms with E-state index in [9.17, 15) is 18.0 Å². The van der Waals surface area contributed by atoms with E-state index in [4.69, 9.17) is 4.74 Å². The molecule has 0 aliphatic heterocycles. The molecule has 0 aromatic heterocycles. The van der Waals surface area contributed by atoms with E-state index in [1.165, 1.54) is 24.1 Å². The van der Waals surface area contributed by atoms with Crippen LogP contribution in [0.15, 0.2) is 83.8 Å². The number of carbonyl (C=O) groups excluding carboxylic acids is 2. The molecule has 0 aliphatic carbocycles. The fourth-order valence-electron chi connectivity index (χ4n) is 4.27.